The summed E-state index contributed by atoms with van der Waals surface area (Å²) in [6.07, 6.45) is -4.44. The Bertz CT molecular complexity index is 494. The fourth-order valence-electron chi connectivity index (χ4n) is 3.12. The highest BCUT2D eigenvalue weighted by atomic mass is 19.4. The van der Waals surface area contributed by atoms with Gasteiger partial charge in [0.05, 0.1) is 11.8 Å². The second-order valence-electron chi connectivity index (χ2n) is 5.80. The Morgan fingerprint density at radius 3 is 2.50 bits per heavy atom. The van der Waals surface area contributed by atoms with Crippen LogP contribution in [0.5, 0.6) is 0 Å². The molecule has 0 aromatic heterocycles. The van der Waals surface area contributed by atoms with Gasteiger partial charge in [-0.1, -0.05) is 0 Å². The summed E-state index contributed by atoms with van der Waals surface area (Å²) in [4.78, 5) is 37.0. The molecule has 0 spiro atoms. The zero-order valence-corrected chi connectivity index (χ0v) is 12.0. The minimum absolute atomic E-state index is 0.251. The van der Waals surface area contributed by atoms with E-state index >= 15 is 0 Å². The number of carbonyl (C=O) groups excluding carboxylic acids is 2. The Labute approximate surface area is 124 Å². The van der Waals surface area contributed by atoms with Crippen molar-refractivity contribution in [3.05, 3.63) is 0 Å². The van der Waals surface area contributed by atoms with Gasteiger partial charge in [0.2, 0.25) is 11.8 Å². The van der Waals surface area contributed by atoms with E-state index < -0.39 is 48.4 Å². The molecule has 2 aliphatic rings. The number of carboxylic acids is 1. The van der Waals surface area contributed by atoms with Crippen molar-refractivity contribution in [3.63, 3.8) is 0 Å². The van der Waals surface area contributed by atoms with E-state index in [1.54, 1.807) is 6.92 Å². The lowest BCUT2D eigenvalue weighted by atomic mass is 10.0. The summed E-state index contributed by atoms with van der Waals surface area (Å²) in [5.41, 5.74) is 0. The zero-order chi connectivity index (χ0) is 16.7. The number of hydrogen-bond donors (Lipinski definition) is 1. The van der Waals surface area contributed by atoms with Crippen molar-refractivity contribution in [2.75, 3.05) is 19.6 Å². The lowest BCUT2D eigenvalue weighted by molar-refractivity contribution is -0.157. The van der Waals surface area contributed by atoms with E-state index in [0.717, 1.165) is 0 Å². The third-order valence-electron chi connectivity index (χ3n) is 4.29. The molecule has 0 aromatic rings. The molecule has 2 aliphatic heterocycles. The molecule has 2 heterocycles. The summed E-state index contributed by atoms with van der Waals surface area (Å²) in [6, 6.07) is -0.517. The number of likely N-dealkylation sites (tertiary alicyclic amines) is 2. The lowest BCUT2D eigenvalue weighted by Crippen LogP contribution is -2.42. The maximum atomic E-state index is 12.4. The van der Waals surface area contributed by atoms with Crippen LogP contribution in [0, 0.1) is 11.8 Å². The summed E-state index contributed by atoms with van der Waals surface area (Å²) >= 11 is 0. The molecule has 1 N–H and O–H groups in total. The van der Waals surface area contributed by atoms with E-state index in [1.807, 2.05) is 0 Å². The van der Waals surface area contributed by atoms with Gasteiger partial charge in [0.1, 0.15) is 6.54 Å². The molecule has 9 heteroatoms. The highest BCUT2D eigenvalue weighted by Gasteiger charge is 2.45. The molecule has 0 bridgehead atoms. The standard InChI is InChI=1S/C13H17F3N2O4/c1-7-9(12(21)22)2-3-18(7)11(20)8-4-10(19)17(5-8)6-13(14,15)16/h7-9H,2-6H2,1H3,(H,21,22). The summed E-state index contributed by atoms with van der Waals surface area (Å²) in [7, 11) is 0. The minimum Gasteiger partial charge on any atom is -0.481 e. The van der Waals surface area contributed by atoms with Crippen LogP contribution in [-0.4, -0.2) is 64.5 Å². The molecule has 2 saturated heterocycles. The molecule has 6 nitrogen and oxygen atoms in total. The van der Waals surface area contributed by atoms with Gasteiger partial charge in [-0.25, -0.2) is 0 Å². The number of halogens is 3. The Hall–Kier alpha value is -1.80. The van der Waals surface area contributed by atoms with Gasteiger partial charge in [0, 0.05) is 25.6 Å². The number of rotatable bonds is 3. The summed E-state index contributed by atoms with van der Waals surface area (Å²) in [5.74, 6) is -3.63. The molecule has 0 radical (unpaired) electrons. The quantitative estimate of drug-likeness (QED) is 0.830. The molecule has 22 heavy (non-hydrogen) atoms. The smallest absolute Gasteiger partial charge is 0.406 e. The number of carbonyl (C=O) groups is 3. The fraction of sp³-hybridized carbons (Fsp3) is 0.769. The Morgan fingerprint density at radius 1 is 1.36 bits per heavy atom. The zero-order valence-electron chi connectivity index (χ0n) is 12.0. The lowest BCUT2D eigenvalue weighted by Gasteiger charge is -2.26. The van der Waals surface area contributed by atoms with Gasteiger partial charge in [0.15, 0.2) is 0 Å². The van der Waals surface area contributed by atoms with Gasteiger partial charge < -0.3 is 14.9 Å². The third kappa shape index (κ3) is 3.33. The number of carboxylic acid groups (broad SMARTS) is 1. The van der Waals surface area contributed by atoms with Gasteiger partial charge in [-0.3, -0.25) is 14.4 Å². The molecule has 2 fully saturated rings. The van der Waals surface area contributed by atoms with Gasteiger partial charge in [-0.2, -0.15) is 13.2 Å². The first-order valence-electron chi connectivity index (χ1n) is 6.98. The van der Waals surface area contributed by atoms with E-state index in [4.69, 9.17) is 5.11 Å². The number of alkyl halides is 3. The first-order chi connectivity index (χ1) is 10.1. The van der Waals surface area contributed by atoms with Crippen molar-refractivity contribution in [1.29, 1.82) is 0 Å². The van der Waals surface area contributed by atoms with E-state index in [1.165, 1.54) is 4.90 Å². The topological polar surface area (TPSA) is 77.9 Å². The fourth-order valence-corrected chi connectivity index (χ4v) is 3.12. The summed E-state index contributed by atoms with van der Waals surface area (Å²) in [6.45, 7) is 0.232. The second kappa shape index (κ2) is 5.77. The summed E-state index contributed by atoms with van der Waals surface area (Å²) in [5, 5.41) is 9.03. The molecule has 0 saturated carbocycles. The van der Waals surface area contributed by atoms with Crippen LogP contribution in [0.25, 0.3) is 0 Å². The van der Waals surface area contributed by atoms with E-state index in [9.17, 15) is 27.6 Å². The van der Waals surface area contributed by atoms with Gasteiger partial charge in [-0.05, 0) is 13.3 Å². The van der Waals surface area contributed by atoms with E-state index in [-0.39, 0.29) is 19.5 Å². The predicted molar refractivity (Wildman–Crippen MR) is 67.7 cm³/mol. The molecule has 0 aliphatic carbocycles. The van der Waals surface area contributed by atoms with Crippen molar-refractivity contribution < 1.29 is 32.7 Å². The van der Waals surface area contributed by atoms with Crippen molar-refractivity contribution in [3.8, 4) is 0 Å². The largest absolute Gasteiger partial charge is 0.481 e. The molecular weight excluding hydrogens is 305 g/mol. The Morgan fingerprint density at radius 2 is 2.00 bits per heavy atom. The normalized spacial score (nSPS) is 29.3. The number of nitrogens with zero attached hydrogens (tertiary/aromatic N) is 2. The molecule has 0 aromatic carbocycles. The van der Waals surface area contributed by atoms with Crippen LogP contribution < -0.4 is 0 Å². The van der Waals surface area contributed by atoms with Gasteiger partial charge >= 0.3 is 12.1 Å². The van der Waals surface area contributed by atoms with E-state index in [0.29, 0.717) is 11.3 Å². The van der Waals surface area contributed by atoms with Crippen LogP contribution in [-0.2, 0) is 14.4 Å². The second-order valence-corrected chi connectivity index (χ2v) is 5.80. The summed E-state index contributed by atoms with van der Waals surface area (Å²) < 4.78 is 37.1. The third-order valence-corrected chi connectivity index (χ3v) is 4.29. The van der Waals surface area contributed by atoms with Crippen LogP contribution in [0.4, 0.5) is 13.2 Å². The maximum absolute atomic E-state index is 12.4. The molecule has 2 rings (SSSR count). The SMILES string of the molecule is CC1C(C(=O)O)CCN1C(=O)C1CC(=O)N(CC(F)(F)F)C1. The number of aliphatic carboxylic acids is 1. The highest BCUT2D eigenvalue weighted by Crippen LogP contribution is 2.30. The van der Waals surface area contributed by atoms with Crippen molar-refractivity contribution >= 4 is 17.8 Å². The van der Waals surface area contributed by atoms with Gasteiger partial charge in [-0.15, -0.1) is 0 Å². The van der Waals surface area contributed by atoms with Crippen LogP contribution >= 0.6 is 0 Å². The average molecular weight is 322 g/mol. The first-order valence-corrected chi connectivity index (χ1v) is 6.98. The first kappa shape index (κ1) is 16.6. The minimum atomic E-state index is -4.50. The van der Waals surface area contributed by atoms with Crippen molar-refractivity contribution in [1.82, 2.24) is 9.80 Å². The van der Waals surface area contributed by atoms with Crippen molar-refractivity contribution in [2.24, 2.45) is 11.8 Å². The van der Waals surface area contributed by atoms with Crippen molar-refractivity contribution in [2.45, 2.75) is 32.0 Å². The Kier molecular flexibility index (Phi) is 4.35. The highest BCUT2D eigenvalue weighted by molar-refractivity contribution is 5.90. The Balaban J connectivity index is 2.00. The van der Waals surface area contributed by atoms with Crippen LogP contribution in [0.15, 0.2) is 0 Å². The molecule has 2 amide bonds. The molecule has 3 unspecified atom stereocenters. The maximum Gasteiger partial charge on any atom is 0.406 e. The van der Waals surface area contributed by atoms with Gasteiger partial charge in [0.25, 0.3) is 0 Å². The van der Waals surface area contributed by atoms with Crippen LogP contribution in [0.3, 0.4) is 0 Å². The average Bonchev–Trinajstić information content (AvgIpc) is 2.91. The van der Waals surface area contributed by atoms with Crippen LogP contribution in [0.2, 0.25) is 0 Å². The monoisotopic (exact) mass is 322 g/mol. The molecule has 124 valence electrons. The number of hydrogen-bond acceptors (Lipinski definition) is 3. The molecular formula is C13H17F3N2O4. The predicted octanol–water partition coefficient (Wildman–Crippen LogP) is 0.719. The van der Waals surface area contributed by atoms with Crippen LogP contribution in [0.1, 0.15) is 19.8 Å². The van der Waals surface area contributed by atoms with E-state index in [2.05, 4.69) is 0 Å². The number of amides is 2. The molecule has 3 atom stereocenters.